The summed E-state index contributed by atoms with van der Waals surface area (Å²) >= 11 is 0. The molecule has 2 aromatic rings. The van der Waals surface area contributed by atoms with Crippen LogP contribution in [0.15, 0.2) is 42.6 Å². The van der Waals surface area contributed by atoms with Gasteiger partial charge in [0.15, 0.2) is 0 Å². The van der Waals surface area contributed by atoms with Gasteiger partial charge in [0.05, 0.1) is 5.69 Å². The van der Waals surface area contributed by atoms with Crippen molar-refractivity contribution in [1.82, 2.24) is 4.98 Å². The fourth-order valence-corrected chi connectivity index (χ4v) is 1.36. The molecule has 0 amide bonds. The molecule has 14 heavy (non-hydrogen) atoms. The van der Waals surface area contributed by atoms with E-state index < -0.39 is 0 Å². The Morgan fingerprint density at radius 1 is 0.929 bits per heavy atom. The Balaban J connectivity index is 2.52. The lowest BCUT2D eigenvalue weighted by atomic mass is 9.85. The summed E-state index contributed by atoms with van der Waals surface area (Å²) < 4.78 is 0. The molecule has 2 rings (SSSR count). The SMILES string of the molecule is [B]c1cc([B])cc(-c2ccccn2)c1. The van der Waals surface area contributed by atoms with Crippen LogP contribution in [-0.4, -0.2) is 20.7 Å². The van der Waals surface area contributed by atoms with Gasteiger partial charge in [0.25, 0.3) is 0 Å². The molecule has 1 heterocycles. The predicted molar refractivity (Wildman–Crippen MR) is 60.4 cm³/mol. The van der Waals surface area contributed by atoms with Crippen LogP contribution in [0, 0.1) is 0 Å². The summed E-state index contributed by atoms with van der Waals surface area (Å²) in [6, 6.07) is 11.2. The van der Waals surface area contributed by atoms with Gasteiger partial charge in [0.1, 0.15) is 15.7 Å². The summed E-state index contributed by atoms with van der Waals surface area (Å²) in [6.45, 7) is 0. The van der Waals surface area contributed by atoms with Gasteiger partial charge >= 0.3 is 0 Å². The summed E-state index contributed by atoms with van der Waals surface area (Å²) in [4.78, 5) is 4.22. The number of nitrogens with zero attached hydrogens (tertiary/aromatic N) is 1. The van der Waals surface area contributed by atoms with Crippen LogP contribution in [0.25, 0.3) is 11.3 Å². The molecule has 0 fully saturated rings. The van der Waals surface area contributed by atoms with Crippen LogP contribution in [0.3, 0.4) is 0 Å². The van der Waals surface area contributed by atoms with E-state index in [1.54, 1.807) is 12.3 Å². The molecule has 1 aromatic heterocycles. The van der Waals surface area contributed by atoms with Crippen molar-refractivity contribution in [2.45, 2.75) is 0 Å². The molecule has 0 aliphatic rings. The zero-order valence-electron chi connectivity index (χ0n) is 7.64. The van der Waals surface area contributed by atoms with Crippen LogP contribution in [0.4, 0.5) is 0 Å². The van der Waals surface area contributed by atoms with E-state index in [-0.39, 0.29) is 0 Å². The first-order valence-electron chi connectivity index (χ1n) is 4.33. The predicted octanol–water partition coefficient (Wildman–Crippen LogP) is 0.336. The number of rotatable bonds is 1. The molecule has 1 aromatic carbocycles. The molecule has 0 spiro atoms. The Bertz CT molecular complexity index is 420. The Labute approximate surface area is 86.0 Å². The maximum atomic E-state index is 5.69. The van der Waals surface area contributed by atoms with Crippen molar-refractivity contribution in [2.75, 3.05) is 0 Å². The van der Waals surface area contributed by atoms with Crippen LogP contribution < -0.4 is 10.9 Å². The van der Waals surface area contributed by atoms with E-state index in [0.717, 1.165) is 11.3 Å². The van der Waals surface area contributed by atoms with Crippen molar-refractivity contribution in [3.8, 4) is 11.3 Å². The molecular weight excluding hydrogens is 168 g/mol. The maximum Gasteiger partial charge on any atom is 0.113 e. The average molecular weight is 175 g/mol. The standard InChI is InChI=1S/C11H7B2N/c12-9-5-8(6-10(13)7-9)11-3-1-2-4-14-11/h1-7H. The van der Waals surface area contributed by atoms with Crippen molar-refractivity contribution in [3.05, 3.63) is 42.6 Å². The van der Waals surface area contributed by atoms with Gasteiger partial charge in [-0.15, -0.1) is 0 Å². The highest BCUT2D eigenvalue weighted by Gasteiger charge is 1.98. The minimum atomic E-state index is 0.658. The molecule has 4 radical (unpaired) electrons. The van der Waals surface area contributed by atoms with Crippen LogP contribution in [0.2, 0.25) is 0 Å². The molecule has 1 nitrogen and oxygen atoms in total. The second kappa shape index (κ2) is 3.70. The van der Waals surface area contributed by atoms with E-state index in [2.05, 4.69) is 4.98 Å². The molecule has 62 valence electrons. The first kappa shape index (κ1) is 9.07. The number of aromatic nitrogens is 1. The Kier molecular flexibility index (Phi) is 2.40. The van der Waals surface area contributed by atoms with E-state index >= 15 is 0 Å². The maximum absolute atomic E-state index is 5.69. The first-order valence-corrected chi connectivity index (χ1v) is 4.33. The largest absolute Gasteiger partial charge is 0.256 e. The molecule has 0 atom stereocenters. The minimum absolute atomic E-state index is 0.658. The molecule has 0 aliphatic carbocycles. The van der Waals surface area contributed by atoms with Gasteiger partial charge in [0, 0.05) is 6.20 Å². The number of hydrogen-bond donors (Lipinski definition) is 0. The summed E-state index contributed by atoms with van der Waals surface area (Å²) in [5.74, 6) is 0. The van der Waals surface area contributed by atoms with Gasteiger partial charge in [-0.1, -0.05) is 35.2 Å². The molecule has 0 saturated carbocycles. The summed E-state index contributed by atoms with van der Waals surface area (Å²) in [5.41, 5.74) is 3.14. The monoisotopic (exact) mass is 175 g/mol. The lowest BCUT2D eigenvalue weighted by molar-refractivity contribution is 1.33. The van der Waals surface area contributed by atoms with E-state index in [9.17, 15) is 0 Å². The lowest BCUT2D eigenvalue weighted by Crippen LogP contribution is -2.13. The van der Waals surface area contributed by atoms with Crippen LogP contribution in [0.1, 0.15) is 0 Å². The van der Waals surface area contributed by atoms with E-state index in [4.69, 9.17) is 15.7 Å². The Hall–Kier alpha value is -1.50. The van der Waals surface area contributed by atoms with Crippen LogP contribution >= 0.6 is 0 Å². The van der Waals surface area contributed by atoms with Crippen molar-refractivity contribution < 1.29 is 0 Å². The van der Waals surface area contributed by atoms with Gasteiger partial charge in [-0.05, 0) is 17.7 Å². The summed E-state index contributed by atoms with van der Waals surface area (Å²) in [7, 11) is 11.4. The molecule has 0 bridgehead atoms. The Morgan fingerprint density at radius 3 is 2.21 bits per heavy atom. The molecule has 3 heteroatoms. The number of benzene rings is 1. The van der Waals surface area contributed by atoms with Gasteiger partial charge in [0.2, 0.25) is 0 Å². The normalized spacial score (nSPS) is 10.0. The average Bonchev–Trinajstić information content (AvgIpc) is 2.18. The fourth-order valence-electron chi connectivity index (χ4n) is 1.36. The fraction of sp³-hybridized carbons (Fsp3) is 0. The van der Waals surface area contributed by atoms with Gasteiger partial charge in [-0.2, -0.15) is 0 Å². The van der Waals surface area contributed by atoms with Gasteiger partial charge < -0.3 is 0 Å². The number of hydrogen-bond acceptors (Lipinski definition) is 1. The van der Waals surface area contributed by atoms with Crippen LogP contribution in [0.5, 0.6) is 0 Å². The quantitative estimate of drug-likeness (QED) is 0.569. The number of pyridine rings is 1. The highest BCUT2D eigenvalue weighted by molar-refractivity contribution is 6.38. The van der Waals surface area contributed by atoms with Crippen molar-refractivity contribution in [1.29, 1.82) is 0 Å². The molecular formula is C11H7B2N. The van der Waals surface area contributed by atoms with Crippen molar-refractivity contribution >= 4 is 26.6 Å². The molecule has 0 saturated heterocycles. The molecule has 0 unspecified atom stereocenters. The highest BCUT2D eigenvalue weighted by Crippen LogP contribution is 2.12. The van der Waals surface area contributed by atoms with E-state index in [1.807, 2.05) is 30.3 Å². The smallest absolute Gasteiger partial charge is 0.113 e. The lowest BCUT2D eigenvalue weighted by Gasteiger charge is -2.04. The first-order chi connectivity index (χ1) is 6.75. The van der Waals surface area contributed by atoms with Gasteiger partial charge in [-0.25, -0.2) is 0 Å². The summed E-state index contributed by atoms with van der Waals surface area (Å²) in [6.07, 6.45) is 1.74. The zero-order valence-corrected chi connectivity index (χ0v) is 7.64. The van der Waals surface area contributed by atoms with Crippen molar-refractivity contribution in [3.63, 3.8) is 0 Å². The highest BCUT2D eigenvalue weighted by atomic mass is 14.7. The second-order valence-corrected chi connectivity index (χ2v) is 3.10. The Morgan fingerprint density at radius 2 is 1.64 bits per heavy atom. The third-order valence-electron chi connectivity index (χ3n) is 1.94. The van der Waals surface area contributed by atoms with E-state index in [0.29, 0.717) is 10.9 Å². The molecule has 0 aliphatic heterocycles. The second-order valence-electron chi connectivity index (χ2n) is 3.10. The third-order valence-corrected chi connectivity index (χ3v) is 1.94. The topological polar surface area (TPSA) is 12.9 Å². The zero-order chi connectivity index (χ0) is 9.97. The summed E-state index contributed by atoms with van der Waals surface area (Å²) in [5, 5.41) is 0. The van der Waals surface area contributed by atoms with Gasteiger partial charge in [-0.3, -0.25) is 4.98 Å². The third kappa shape index (κ3) is 1.87. The van der Waals surface area contributed by atoms with Crippen LogP contribution in [-0.2, 0) is 0 Å². The van der Waals surface area contributed by atoms with E-state index in [1.165, 1.54) is 0 Å². The minimum Gasteiger partial charge on any atom is -0.256 e. The molecule has 0 N–H and O–H groups in total. The van der Waals surface area contributed by atoms with Crippen molar-refractivity contribution in [2.24, 2.45) is 0 Å².